The summed E-state index contributed by atoms with van der Waals surface area (Å²) >= 11 is 1.06. The minimum absolute atomic E-state index is 0. The van der Waals surface area contributed by atoms with Crippen molar-refractivity contribution in [2.45, 2.75) is 16.7 Å². The first-order valence-electron chi connectivity index (χ1n) is 18.1. The molecule has 0 saturated heterocycles. The number of fused-ring (bicyclic) bond motifs is 2. The largest absolute Gasteiger partial charge is 1.00 e. The van der Waals surface area contributed by atoms with Crippen molar-refractivity contribution in [1.82, 2.24) is 4.98 Å². The van der Waals surface area contributed by atoms with Gasteiger partial charge in [-0.05, 0) is 77.9 Å². The van der Waals surface area contributed by atoms with E-state index in [1.165, 1.54) is 24.3 Å². The molecule has 8 aromatic rings. The van der Waals surface area contributed by atoms with Crippen LogP contribution in [0.5, 0.6) is 0 Å². The number of nitrogens with one attached hydrogen (secondary N) is 2. The topological polar surface area (TPSA) is 248 Å². The van der Waals surface area contributed by atoms with Crippen molar-refractivity contribution < 1.29 is 101 Å². The Morgan fingerprint density at radius 1 is 0.652 bits per heavy atom. The van der Waals surface area contributed by atoms with E-state index in [2.05, 4.69) is 60.3 Å². The molecule has 0 saturated carbocycles. The maximum atomic E-state index is 11.6. The molecule has 304 valence electrons. The summed E-state index contributed by atoms with van der Waals surface area (Å²) in [5.41, 5.74) is 2.75. The summed E-state index contributed by atoms with van der Waals surface area (Å²) in [5, 5.41) is 49.4. The molecule has 0 aliphatic rings. The van der Waals surface area contributed by atoms with Gasteiger partial charge < -0.3 is 37.9 Å². The zero-order valence-corrected chi connectivity index (χ0v) is 38.3. The number of hydrogen-bond donors (Lipinski definition) is 2. The minimum Gasteiger partial charge on any atom is -0.744 e. The van der Waals surface area contributed by atoms with Crippen molar-refractivity contribution in [1.29, 1.82) is 10.5 Å². The Morgan fingerprint density at radius 3 is 1.83 bits per heavy atom. The molecule has 0 atom stereocenters. The first-order valence-corrected chi connectivity index (χ1v) is 21.7. The normalized spacial score (nSPS) is 11.2. The molecule has 66 heavy (non-hydrogen) atoms. The predicted molar refractivity (Wildman–Crippen MR) is 231 cm³/mol. The van der Waals surface area contributed by atoms with E-state index in [4.69, 9.17) is 0 Å². The number of anilines is 4. The van der Waals surface area contributed by atoms with Gasteiger partial charge in [-0.25, -0.2) is 27.2 Å². The zero-order valence-electron chi connectivity index (χ0n) is 35.9. The Morgan fingerprint density at radius 2 is 1.23 bits per heavy atom. The van der Waals surface area contributed by atoms with Crippen molar-refractivity contribution in [3.05, 3.63) is 150 Å². The number of pyridine rings is 1. The van der Waals surface area contributed by atoms with Gasteiger partial charge in [-0.1, -0.05) is 59.9 Å². The summed E-state index contributed by atoms with van der Waals surface area (Å²) in [6, 6.07) is 42.8. The van der Waals surface area contributed by atoms with E-state index in [9.17, 15) is 36.5 Å². The van der Waals surface area contributed by atoms with Gasteiger partial charge in [0.1, 0.15) is 48.6 Å². The molecular formula is C44H25Li4N9O6S3. The average molecular weight is 900 g/mol. The van der Waals surface area contributed by atoms with Gasteiger partial charge in [0.05, 0.1) is 21.0 Å². The first-order chi connectivity index (χ1) is 29.8. The Hall–Kier alpha value is -5.32. The van der Waals surface area contributed by atoms with Gasteiger partial charge in [-0.15, -0.1) is 20.5 Å². The van der Waals surface area contributed by atoms with Crippen LogP contribution in [0.1, 0.15) is 16.7 Å². The van der Waals surface area contributed by atoms with Gasteiger partial charge in [-0.3, -0.25) is 11.5 Å². The van der Waals surface area contributed by atoms with E-state index in [-0.39, 0.29) is 126 Å². The van der Waals surface area contributed by atoms with Crippen molar-refractivity contribution in [3.8, 4) is 23.3 Å². The fourth-order valence-electron chi connectivity index (χ4n) is 6.39. The quantitative estimate of drug-likeness (QED) is 0.0684. The van der Waals surface area contributed by atoms with Crippen molar-refractivity contribution in [2.75, 3.05) is 10.6 Å². The molecule has 2 N–H and O–H groups in total. The van der Waals surface area contributed by atoms with Gasteiger partial charge in [0, 0.05) is 22.5 Å². The monoisotopic (exact) mass is 899 g/mol. The van der Waals surface area contributed by atoms with E-state index in [0.717, 1.165) is 57.1 Å². The maximum absolute atomic E-state index is 11.6. The Bertz CT molecular complexity index is 3470. The minimum atomic E-state index is -4.75. The standard InChI is InChI=1S/C44H27N9O6S3.4Li/c1-26-37(24-45)41(47-32-14-18-35(19-15-32)61(54,55)56)49-42(48-33-16-20-36(21-17-33)62(57,58)59)40(26)51-52-43-38(25-46)39(31-11-10-27-6-2-4-8-29(27)22-31)44(60-43)53-50-34-13-12-28-7-3-5-9-30(28)23-34;;;;/h2,4-8,10-23H,1H3,(H2,47,48,49)(H,54,55,56)(H,57,58,59);;;;/q-2;4*+1/p-2. The second-order valence-electron chi connectivity index (χ2n) is 13.4. The van der Waals surface area contributed by atoms with Gasteiger partial charge in [-0.2, -0.15) is 16.6 Å². The predicted octanol–water partition coefficient (Wildman–Crippen LogP) is -1.09. The third kappa shape index (κ3) is 11.8. The summed E-state index contributed by atoms with van der Waals surface area (Å²) in [6.45, 7) is 1.59. The SMILES string of the molecule is Cc1c(C#N)c(Nc2ccc(S(=O)(=O)[O-])cc2)nc(Nc2ccc(S(=O)(=O)[O-])cc2)c1N=Nc1sc(N=Nc2ccc3c[c-]c[c-]c3c2)c(-c2ccc3ccccc3c2)c1C#N.[Li+].[Li+].[Li+].[Li+]. The molecule has 0 aliphatic carbocycles. The van der Waals surface area contributed by atoms with Crippen LogP contribution >= 0.6 is 11.3 Å². The van der Waals surface area contributed by atoms with Crippen LogP contribution in [0.3, 0.4) is 0 Å². The molecule has 15 nitrogen and oxygen atoms in total. The number of benzene rings is 6. The molecule has 8 rings (SSSR count). The van der Waals surface area contributed by atoms with Crippen LogP contribution in [0, 0.1) is 41.7 Å². The molecule has 0 bridgehead atoms. The molecule has 22 heteroatoms. The van der Waals surface area contributed by atoms with Crippen LogP contribution in [0.25, 0.3) is 32.7 Å². The van der Waals surface area contributed by atoms with Gasteiger partial charge in [0.15, 0.2) is 16.6 Å². The summed E-state index contributed by atoms with van der Waals surface area (Å²) in [7, 11) is -9.47. The van der Waals surface area contributed by atoms with Gasteiger partial charge in [0.2, 0.25) is 0 Å². The maximum Gasteiger partial charge on any atom is 1.00 e. The second-order valence-corrected chi connectivity index (χ2v) is 17.1. The van der Waals surface area contributed by atoms with E-state index in [0.29, 0.717) is 21.8 Å². The Labute approximate surface area is 431 Å². The van der Waals surface area contributed by atoms with Crippen molar-refractivity contribution >= 4 is 97.5 Å². The van der Waals surface area contributed by atoms with Crippen LogP contribution in [0.15, 0.2) is 152 Å². The molecular weight excluding hydrogens is 875 g/mol. The smallest absolute Gasteiger partial charge is 0.744 e. The second kappa shape index (κ2) is 22.4. The van der Waals surface area contributed by atoms with Crippen LogP contribution in [0.4, 0.5) is 44.4 Å². The summed E-state index contributed by atoms with van der Waals surface area (Å²) < 4.78 is 69.4. The summed E-state index contributed by atoms with van der Waals surface area (Å²) in [5.74, 6) is 0.0159. The number of nitrogens with zero attached hydrogens (tertiary/aromatic N) is 7. The first kappa shape index (κ1) is 53.3. The number of thiophene rings is 1. The molecule has 0 spiro atoms. The summed E-state index contributed by atoms with van der Waals surface area (Å²) in [4.78, 5) is 3.69. The van der Waals surface area contributed by atoms with E-state index < -0.39 is 30.0 Å². The van der Waals surface area contributed by atoms with Gasteiger partial charge >= 0.3 is 75.4 Å². The molecule has 0 unspecified atom stereocenters. The van der Waals surface area contributed by atoms with Crippen LogP contribution in [-0.2, 0) is 20.2 Å². The molecule has 0 fully saturated rings. The van der Waals surface area contributed by atoms with E-state index >= 15 is 0 Å². The number of rotatable bonds is 11. The third-order valence-corrected chi connectivity index (χ3v) is 12.1. The molecule has 0 aliphatic heterocycles. The fraction of sp³-hybridized carbons (Fsp3) is 0.0227. The molecule has 0 radical (unpaired) electrons. The third-order valence-electron chi connectivity index (χ3n) is 9.44. The molecule has 0 amide bonds. The van der Waals surface area contributed by atoms with Crippen LogP contribution in [-0.4, -0.2) is 30.9 Å². The molecule has 6 aromatic carbocycles. The van der Waals surface area contributed by atoms with E-state index in [1.807, 2.05) is 60.7 Å². The van der Waals surface area contributed by atoms with Gasteiger partial charge in [0.25, 0.3) is 0 Å². The van der Waals surface area contributed by atoms with Crippen molar-refractivity contribution in [2.24, 2.45) is 20.5 Å². The number of aromatic nitrogens is 1. The summed E-state index contributed by atoms with van der Waals surface area (Å²) in [6.07, 6.45) is 0. The zero-order chi connectivity index (χ0) is 43.6. The fourth-order valence-corrected chi connectivity index (χ4v) is 8.24. The number of azo groups is 2. The Balaban J connectivity index is 0.00000238. The Kier molecular flexibility index (Phi) is 18.1. The molecule has 2 heterocycles. The van der Waals surface area contributed by atoms with Crippen LogP contribution < -0.4 is 86.1 Å². The van der Waals surface area contributed by atoms with E-state index in [1.54, 1.807) is 19.1 Å². The number of hydrogen-bond acceptors (Lipinski definition) is 16. The number of nitriles is 2. The average Bonchev–Trinajstić information content (AvgIpc) is 3.62. The van der Waals surface area contributed by atoms with Crippen molar-refractivity contribution in [3.63, 3.8) is 0 Å². The molecule has 2 aromatic heterocycles. The van der Waals surface area contributed by atoms with Crippen LogP contribution in [0.2, 0.25) is 0 Å².